The van der Waals surface area contributed by atoms with Crippen LogP contribution in [0.5, 0.6) is 0 Å². The molecule has 0 aromatic carbocycles. The lowest BCUT2D eigenvalue weighted by Crippen LogP contribution is -2.40. The number of thiophene rings is 1. The first-order chi connectivity index (χ1) is 9.21. The topological polar surface area (TPSA) is 83.5 Å². The first-order valence-corrected chi connectivity index (χ1v) is 8.91. The lowest BCUT2D eigenvalue weighted by molar-refractivity contribution is 0.0698. The number of nitrogens with one attached hydrogen (secondary N) is 1. The molecule has 112 valence electrons. The van der Waals surface area contributed by atoms with Crippen molar-refractivity contribution in [2.45, 2.75) is 50.5 Å². The Kier molecular flexibility index (Phi) is 4.22. The second-order valence-electron chi connectivity index (χ2n) is 6.00. The molecule has 20 heavy (non-hydrogen) atoms. The Labute approximate surface area is 123 Å². The summed E-state index contributed by atoms with van der Waals surface area (Å²) in [6, 6.07) is 1.23. The number of rotatable bonds is 4. The average Bonchev–Trinajstić information content (AvgIpc) is 2.76. The predicted molar refractivity (Wildman–Crippen MR) is 77.6 cm³/mol. The Balaban J connectivity index is 2.19. The van der Waals surface area contributed by atoms with Crippen LogP contribution in [0.3, 0.4) is 0 Å². The first-order valence-electron chi connectivity index (χ1n) is 6.54. The van der Waals surface area contributed by atoms with Crippen molar-refractivity contribution in [3.63, 3.8) is 0 Å². The molecule has 2 N–H and O–H groups in total. The van der Waals surface area contributed by atoms with E-state index in [0.29, 0.717) is 0 Å². The van der Waals surface area contributed by atoms with Gasteiger partial charge in [-0.3, -0.25) is 0 Å². The van der Waals surface area contributed by atoms with E-state index in [9.17, 15) is 13.2 Å². The molecule has 5 nitrogen and oxygen atoms in total. The van der Waals surface area contributed by atoms with Gasteiger partial charge in [-0.05, 0) is 36.1 Å². The Morgan fingerprint density at radius 1 is 1.50 bits per heavy atom. The normalized spacial score (nSPS) is 22.6. The summed E-state index contributed by atoms with van der Waals surface area (Å²) in [4.78, 5) is 10.8. The summed E-state index contributed by atoms with van der Waals surface area (Å²) in [6.45, 7) is 4.25. The molecule has 1 fully saturated rings. The third kappa shape index (κ3) is 3.39. The molecular formula is C13H19NO4S2. The van der Waals surface area contributed by atoms with Gasteiger partial charge in [0.25, 0.3) is 0 Å². The summed E-state index contributed by atoms with van der Waals surface area (Å²) in [5.41, 5.74) is 0.121. The minimum absolute atomic E-state index is 0.120. The number of aromatic carboxylic acids is 1. The van der Waals surface area contributed by atoms with Gasteiger partial charge in [0.1, 0.15) is 9.77 Å². The summed E-state index contributed by atoms with van der Waals surface area (Å²) >= 11 is 0.928. The van der Waals surface area contributed by atoms with E-state index in [0.717, 1.165) is 37.0 Å². The third-order valence-electron chi connectivity index (χ3n) is 3.64. The number of carboxylic acids is 1. The maximum atomic E-state index is 12.3. The molecule has 1 heterocycles. The van der Waals surface area contributed by atoms with Crippen molar-refractivity contribution in [1.82, 2.24) is 4.72 Å². The highest BCUT2D eigenvalue weighted by Crippen LogP contribution is 2.35. The zero-order chi connectivity index (χ0) is 15.0. The van der Waals surface area contributed by atoms with Crippen molar-refractivity contribution in [3.8, 4) is 0 Å². The fraction of sp³-hybridized carbons (Fsp3) is 0.615. The molecule has 1 aromatic rings. The van der Waals surface area contributed by atoms with E-state index in [1.165, 1.54) is 11.4 Å². The number of hydrogen-bond acceptors (Lipinski definition) is 4. The second kappa shape index (κ2) is 5.46. The molecule has 2 rings (SSSR count). The van der Waals surface area contributed by atoms with Gasteiger partial charge in [0.05, 0.1) is 0 Å². The average molecular weight is 317 g/mol. The summed E-state index contributed by atoms with van der Waals surface area (Å²) < 4.78 is 27.3. The van der Waals surface area contributed by atoms with Gasteiger partial charge in [0.2, 0.25) is 10.0 Å². The number of carbonyl (C=O) groups is 1. The zero-order valence-corrected chi connectivity index (χ0v) is 13.2. The maximum absolute atomic E-state index is 12.3. The molecule has 0 spiro atoms. The van der Waals surface area contributed by atoms with E-state index in [2.05, 4.69) is 18.6 Å². The fourth-order valence-corrected chi connectivity index (χ4v) is 5.28. The molecule has 1 saturated carbocycles. The molecule has 0 saturated heterocycles. The minimum atomic E-state index is -3.76. The Hall–Kier alpha value is -0.920. The van der Waals surface area contributed by atoms with Crippen molar-refractivity contribution in [2.75, 3.05) is 0 Å². The molecule has 1 aliphatic rings. The van der Waals surface area contributed by atoms with Crippen LogP contribution in [0.15, 0.2) is 16.3 Å². The van der Waals surface area contributed by atoms with Gasteiger partial charge in [-0.1, -0.05) is 20.3 Å². The molecule has 0 amide bonds. The summed E-state index contributed by atoms with van der Waals surface area (Å²) in [6.07, 6.45) is 3.65. The maximum Gasteiger partial charge on any atom is 0.347 e. The summed E-state index contributed by atoms with van der Waals surface area (Å²) in [5.74, 6) is -1.20. The van der Waals surface area contributed by atoms with Gasteiger partial charge in [-0.25, -0.2) is 17.9 Å². The SMILES string of the molecule is CC1(C)CCCC(NS(=O)(=O)c2ccsc2C(=O)O)C1. The van der Waals surface area contributed by atoms with Crippen LogP contribution in [0.4, 0.5) is 0 Å². The highest BCUT2D eigenvalue weighted by atomic mass is 32.2. The van der Waals surface area contributed by atoms with E-state index >= 15 is 0 Å². The van der Waals surface area contributed by atoms with Crippen LogP contribution >= 0.6 is 11.3 Å². The molecule has 0 aliphatic heterocycles. The molecular weight excluding hydrogens is 298 g/mol. The van der Waals surface area contributed by atoms with Crippen LogP contribution in [-0.4, -0.2) is 25.5 Å². The minimum Gasteiger partial charge on any atom is -0.477 e. The molecule has 1 aromatic heterocycles. The quantitative estimate of drug-likeness (QED) is 0.894. The predicted octanol–water partition coefficient (Wildman–Crippen LogP) is 2.69. The van der Waals surface area contributed by atoms with Crippen LogP contribution in [0.1, 0.15) is 49.2 Å². The van der Waals surface area contributed by atoms with Crippen molar-refractivity contribution in [1.29, 1.82) is 0 Å². The number of sulfonamides is 1. The van der Waals surface area contributed by atoms with Gasteiger partial charge in [0.15, 0.2) is 0 Å². The summed E-state index contributed by atoms with van der Waals surface area (Å²) in [5, 5.41) is 10.5. The van der Waals surface area contributed by atoms with Crippen molar-refractivity contribution in [3.05, 3.63) is 16.3 Å². The monoisotopic (exact) mass is 317 g/mol. The van der Waals surface area contributed by atoms with Crippen LogP contribution in [0, 0.1) is 5.41 Å². The smallest absolute Gasteiger partial charge is 0.347 e. The van der Waals surface area contributed by atoms with Gasteiger partial charge in [-0.15, -0.1) is 11.3 Å². The van der Waals surface area contributed by atoms with Crippen LogP contribution < -0.4 is 4.72 Å². The molecule has 0 radical (unpaired) electrons. The lowest BCUT2D eigenvalue weighted by Gasteiger charge is -2.35. The van der Waals surface area contributed by atoms with E-state index in [1.54, 1.807) is 0 Å². The largest absolute Gasteiger partial charge is 0.477 e. The molecule has 0 bridgehead atoms. The highest BCUT2D eigenvalue weighted by molar-refractivity contribution is 7.89. The number of hydrogen-bond donors (Lipinski definition) is 2. The van der Waals surface area contributed by atoms with Crippen molar-refractivity contribution < 1.29 is 18.3 Å². The van der Waals surface area contributed by atoms with E-state index in [-0.39, 0.29) is 21.2 Å². The van der Waals surface area contributed by atoms with E-state index < -0.39 is 16.0 Å². The molecule has 1 atom stereocenters. The van der Waals surface area contributed by atoms with Gasteiger partial charge >= 0.3 is 5.97 Å². The third-order valence-corrected chi connectivity index (χ3v) is 6.23. The van der Waals surface area contributed by atoms with E-state index in [1.807, 2.05) is 0 Å². The summed E-state index contributed by atoms with van der Waals surface area (Å²) in [7, 11) is -3.76. The van der Waals surface area contributed by atoms with Crippen LogP contribution in [0.25, 0.3) is 0 Å². The van der Waals surface area contributed by atoms with Crippen molar-refractivity contribution >= 4 is 27.3 Å². The van der Waals surface area contributed by atoms with Crippen LogP contribution in [0.2, 0.25) is 0 Å². The Morgan fingerprint density at radius 3 is 2.80 bits per heavy atom. The first kappa shape index (κ1) is 15.5. The number of carboxylic acid groups (broad SMARTS) is 1. The molecule has 1 aliphatic carbocycles. The highest BCUT2D eigenvalue weighted by Gasteiger charge is 2.32. The lowest BCUT2D eigenvalue weighted by atomic mass is 9.75. The zero-order valence-electron chi connectivity index (χ0n) is 11.5. The van der Waals surface area contributed by atoms with Gasteiger partial charge < -0.3 is 5.11 Å². The Bertz CT molecular complexity index is 604. The fourth-order valence-electron chi connectivity index (χ4n) is 2.75. The standard InChI is InChI=1S/C13H19NO4S2/c1-13(2)6-3-4-9(8-13)14-20(17,18)10-5-7-19-11(10)12(15)16/h5,7,9,14H,3-4,6,8H2,1-2H3,(H,15,16). The van der Waals surface area contributed by atoms with Crippen LogP contribution in [-0.2, 0) is 10.0 Å². The molecule has 1 unspecified atom stereocenters. The molecule has 7 heteroatoms. The Morgan fingerprint density at radius 2 is 2.20 bits per heavy atom. The second-order valence-corrected chi connectivity index (χ2v) is 8.60. The van der Waals surface area contributed by atoms with Gasteiger partial charge in [0, 0.05) is 6.04 Å². The van der Waals surface area contributed by atoms with Gasteiger partial charge in [-0.2, -0.15) is 0 Å². The van der Waals surface area contributed by atoms with Crippen molar-refractivity contribution in [2.24, 2.45) is 5.41 Å². The van der Waals surface area contributed by atoms with E-state index in [4.69, 9.17) is 5.11 Å².